The summed E-state index contributed by atoms with van der Waals surface area (Å²) in [6.07, 6.45) is 7.85. The van der Waals surface area contributed by atoms with Gasteiger partial charge in [-0.05, 0) is 30.7 Å². The van der Waals surface area contributed by atoms with Crippen molar-refractivity contribution in [1.82, 2.24) is 15.5 Å². The minimum atomic E-state index is -0.0798. The van der Waals surface area contributed by atoms with Crippen LogP contribution in [0.1, 0.15) is 36.0 Å². The molecule has 1 amide bonds. The van der Waals surface area contributed by atoms with E-state index in [4.69, 9.17) is 11.6 Å². The second-order valence-corrected chi connectivity index (χ2v) is 5.11. The molecule has 2 atom stereocenters. The Bertz CT molecular complexity index is 385. The molecule has 4 nitrogen and oxygen atoms in total. The average molecular weight is 268 g/mol. The summed E-state index contributed by atoms with van der Waals surface area (Å²) in [5.41, 5.74) is 0.559. The Morgan fingerprint density at radius 1 is 1.33 bits per heavy atom. The summed E-state index contributed by atoms with van der Waals surface area (Å²) in [7, 11) is 0. The van der Waals surface area contributed by atoms with Gasteiger partial charge in [0.1, 0.15) is 0 Å². The molecule has 0 bridgehead atoms. The Morgan fingerprint density at radius 2 is 2.11 bits per heavy atom. The van der Waals surface area contributed by atoms with Gasteiger partial charge in [-0.25, -0.2) is 0 Å². The zero-order valence-electron chi connectivity index (χ0n) is 10.3. The van der Waals surface area contributed by atoms with Crippen LogP contribution in [0.5, 0.6) is 0 Å². The fourth-order valence-electron chi connectivity index (χ4n) is 2.51. The maximum absolute atomic E-state index is 11.9. The number of aromatic nitrogens is 2. The maximum atomic E-state index is 11.9. The van der Waals surface area contributed by atoms with Gasteiger partial charge in [0.15, 0.2) is 0 Å². The number of nitrogens with one attached hydrogen (secondary N) is 1. The van der Waals surface area contributed by atoms with Crippen LogP contribution < -0.4 is 5.32 Å². The fourth-order valence-corrected chi connectivity index (χ4v) is 2.91. The van der Waals surface area contributed by atoms with Crippen molar-refractivity contribution >= 4 is 17.5 Å². The van der Waals surface area contributed by atoms with Gasteiger partial charge in [0.25, 0.3) is 5.91 Å². The predicted molar refractivity (Wildman–Crippen MR) is 70.5 cm³/mol. The lowest BCUT2D eigenvalue weighted by Gasteiger charge is -2.30. The van der Waals surface area contributed by atoms with Gasteiger partial charge in [0, 0.05) is 12.4 Å². The standard InChI is InChI=1S/C13H18ClN3O/c14-7-10-3-1-2-4-11(10)8-15-13(18)12-5-6-16-17-9-12/h5-6,9-11H,1-4,7-8H2,(H,15,18). The van der Waals surface area contributed by atoms with Crippen LogP contribution in [0, 0.1) is 11.8 Å². The Balaban J connectivity index is 1.85. The van der Waals surface area contributed by atoms with Gasteiger partial charge in [-0.2, -0.15) is 10.2 Å². The number of carbonyl (C=O) groups excluding carboxylic acids is 1. The Kier molecular flexibility index (Phi) is 4.93. The molecule has 5 heteroatoms. The van der Waals surface area contributed by atoms with E-state index in [1.807, 2.05) is 0 Å². The number of carbonyl (C=O) groups is 1. The summed E-state index contributed by atoms with van der Waals surface area (Å²) in [5, 5.41) is 10.3. The summed E-state index contributed by atoms with van der Waals surface area (Å²) >= 11 is 5.98. The quantitative estimate of drug-likeness (QED) is 0.852. The number of hydrogen-bond donors (Lipinski definition) is 1. The van der Waals surface area contributed by atoms with E-state index in [0.29, 0.717) is 29.8 Å². The van der Waals surface area contributed by atoms with E-state index in [0.717, 1.165) is 6.42 Å². The molecule has 1 aliphatic carbocycles. The highest BCUT2D eigenvalue weighted by atomic mass is 35.5. The lowest BCUT2D eigenvalue weighted by Crippen LogP contribution is -2.34. The maximum Gasteiger partial charge on any atom is 0.252 e. The number of nitrogens with zero attached hydrogens (tertiary/aromatic N) is 2. The van der Waals surface area contributed by atoms with E-state index in [1.165, 1.54) is 31.7 Å². The third-order valence-electron chi connectivity index (χ3n) is 3.64. The van der Waals surface area contributed by atoms with Crippen molar-refractivity contribution < 1.29 is 4.79 Å². The van der Waals surface area contributed by atoms with Crippen LogP contribution >= 0.6 is 11.6 Å². The molecule has 1 N–H and O–H groups in total. The molecular formula is C13H18ClN3O. The molecule has 2 rings (SSSR count). The SMILES string of the molecule is O=C(NCC1CCCCC1CCl)c1ccnnc1. The number of halogens is 1. The first-order valence-corrected chi connectivity index (χ1v) is 6.95. The lowest BCUT2D eigenvalue weighted by molar-refractivity contribution is 0.0936. The molecule has 0 aliphatic heterocycles. The third kappa shape index (κ3) is 3.42. The summed E-state index contributed by atoms with van der Waals surface area (Å²) in [5.74, 6) is 1.66. The molecule has 0 radical (unpaired) electrons. The van der Waals surface area contributed by atoms with Crippen molar-refractivity contribution in [1.29, 1.82) is 0 Å². The third-order valence-corrected chi connectivity index (χ3v) is 4.03. The van der Waals surface area contributed by atoms with E-state index >= 15 is 0 Å². The smallest absolute Gasteiger partial charge is 0.252 e. The minimum absolute atomic E-state index is 0.0798. The Morgan fingerprint density at radius 3 is 2.78 bits per heavy atom. The highest BCUT2D eigenvalue weighted by Gasteiger charge is 2.24. The zero-order valence-corrected chi connectivity index (χ0v) is 11.1. The molecular weight excluding hydrogens is 250 g/mol. The van der Waals surface area contributed by atoms with Crippen LogP contribution in [0.15, 0.2) is 18.5 Å². The van der Waals surface area contributed by atoms with Gasteiger partial charge < -0.3 is 5.32 Å². The molecule has 0 spiro atoms. The van der Waals surface area contributed by atoms with E-state index < -0.39 is 0 Å². The minimum Gasteiger partial charge on any atom is -0.352 e. The number of alkyl halides is 1. The normalized spacial score (nSPS) is 23.6. The molecule has 18 heavy (non-hydrogen) atoms. The van der Waals surface area contributed by atoms with Crippen LogP contribution in [-0.2, 0) is 0 Å². The molecule has 1 saturated carbocycles. The van der Waals surface area contributed by atoms with Crippen molar-refractivity contribution in [3.05, 3.63) is 24.0 Å². The van der Waals surface area contributed by atoms with Gasteiger partial charge in [-0.3, -0.25) is 4.79 Å². The molecule has 0 saturated heterocycles. The summed E-state index contributed by atoms with van der Waals surface area (Å²) in [6, 6.07) is 1.67. The van der Waals surface area contributed by atoms with Crippen molar-refractivity contribution in [2.45, 2.75) is 25.7 Å². The summed E-state index contributed by atoms with van der Waals surface area (Å²) in [4.78, 5) is 11.9. The van der Waals surface area contributed by atoms with Crippen molar-refractivity contribution in [3.63, 3.8) is 0 Å². The first-order valence-electron chi connectivity index (χ1n) is 6.42. The van der Waals surface area contributed by atoms with Crippen molar-refractivity contribution in [3.8, 4) is 0 Å². The van der Waals surface area contributed by atoms with Crippen LogP contribution in [0.3, 0.4) is 0 Å². The van der Waals surface area contributed by atoms with Crippen LogP contribution in [0.25, 0.3) is 0 Å². The second-order valence-electron chi connectivity index (χ2n) is 4.80. The Hall–Kier alpha value is -1.16. The van der Waals surface area contributed by atoms with Crippen LogP contribution in [0.2, 0.25) is 0 Å². The van der Waals surface area contributed by atoms with E-state index in [1.54, 1.807) is 6.07 Å². The van der Waals surface area contributed by atoms with Gasteiger partial charge in [0.05, 0.1) is 18.0 Å². The van der Waals surface area contributed by atoms with Crippen LogP contribution in [-0.4, -0.2) is 28.5 Å². The molecule has 1 heterocycles. The van der Waals surface area contributed by atoms with E-state index in [-0.39, 0.29) is 5.91 Å². The van der Waals surface area contributed by atoms with Gasteiger partial charge >= 0.3 is 0 Å². The molecule has 1 aromatic rings. The van der Waals surface area contributed by atoms with Crippen LogP contribution in [0.4, 0.5) is 0 Å². The fraction of sp³-hybridized carbons (Fsp3) is 0.615. The summed E-state index contributed by atoms with van der Waals surface area (Å²) < 4.78 is 0. The van der Waals surface area contributed by atoms with E-state index in [9.17, 15) is 4.79 Å². The van der Waals surface area contributed by atoms with Gasteiger partial charge in [-0.1, -0.05) is 12.8 Å². The molecule has 1 aliphatic rings. The molecule has 1 aromatic heterocycles. The molecule has 98 valence electrons. The number of rotatable bonds is 4. The second kappa shape index (κ2) is 6.69. The zero-order chi connectivity index (χ0) is 12.8. The molecule has 0 aromatic carbocycles. The highest BCUT2D eigenvalue weighted by Crippen LogP contribution is 2.30. The highest BCUT2D eigenvalue weighted by molar-refractivity contribution is 6.18. The van der Waals surface area contributed by atoms with Crippen molar-refractivity contribution in [2.24, 2.45) is 11.8 Å². The monoisotopic (exact) mass is 267 g/mol. The Labute approximate surface area is 112 Å². The first-order chi connectivity index (χ1) is 8.81. The number of hydrogen-bond acceptors (Lipinski definition) is 3. The first kappa shape index (κ1) is 13.3. The lowest BCUT2D eigenvalue weighted by atomic mass is 9.80. The van der Waals surface area contributed by atoms with E-state index in [2.05, 4.69) is 15.5 Å². The van der Waals surface area contributed by atoms with Gasteiger partial charge in [-0.15, -0.1) is 11.6 Å². The van der Waals surface area contributed by atoms with Gasteiger partial charge in [0.2, 0.25) is 0 Å². The average Bonchev–Trinajstić information content (AvgIpc) is 2.46. The van der Waals surface area contributed by atoms with Crippen molar-refractivity contribution in [2.75, 3.05) is 12.4 Å². The number of amides is 1. The topological polar surface area (TPSA) is 54.9 Å². The predicted octanol–water partition coefficient (Wildman–Crippen LogP) is 2.25. The largest absolute Gasteiger partial charge is 0.352 e. The molecule has 2 unspecified atom stereocenters. The summed E-state index contributed by atoms with van der Waals surface area (Å²) in [6.45, 7) is 0.707. The molecule has 1 fully saturated rings.